The molecule has 0 aliphatic heterocycles. The van der Waals surface area contributed by atoms with Crippen LogP contribution >= 0.6 is 0 Å². The number of nitrogens with two attached hydrogens (primary N) is 1. The molecule has 4 rings (SSSR count). The fraction of sp³-hybridized carbons (Fsp3) is 0.192. The van der Waals surface area contributed by atoms with Gasteiger partial charge in [0.25, 0.3) is 0 Å². The summed E-state index contributed by atoms with van der Waals surface area (Å²) in [5.41, 5.74) is 12.6. The zero-order chi connectivity index (χ0) is 20.9. The smallest absolute Gasteiger partial charge is 0.246 e. The van der Waals surface area contributed by atoms with Gasteiger partial charge in [0.05, 0.1) is 0 Å². The number of benzene rings is 3. The summed E-state index contributed by atoms with van der Waals surface area (Å²) in [6.45, 7) is 2.78. The van der Waals surface area contributed by atoms with Gasteiger partial charge in [-0.05, 0) is 58.5 Å². The van der Waals surface area contributed by atoms with E-state index in [0.717, 1.165) is 11.3 Å². The van der Waals surface area contributed by atoms with Gasteiger partial charge in [-0.2, -0.15) is 0 Å². The first-order chi connectivity index (χ1) is 14.7. The summed E-state index contributed by atoms with van der Waals surface area (Å²) in [7, 11) is 0. The lowest BCUT2D eigenvalue weighted by Gasteiger charge is -2.13. The molecule has 0 spiro atoms. The number of amides is 1. The second-order valence-corrected chi connectivity index (χ2v) is 7.21. The van der Waals surface area contributed by atoms with E-state index >= 15 is 0 Å². The summed E-state index contributed by atoms with van der Waals surface area (Å²) >= 11 is 0. The van der Waals surface area contributed by atoms with Crippen LogP contribution in [0, 0.1) is 0 Å². The molecular weight excluding hydrogens is 374 g/mol. The maximum Gasteiger partial charge on any atom is 0.246 e. The molecule has 0 saturated heterocycles. The molecule has 2 N–H and O–H groups in total. The molecule has 0 bridgehead atoms. The Balaban J connectivity index is 1.44. The van der Waals surface area contributed by atoms with Crippen molar-refractivity contribution in [3.05, 3.63) is 95.6 Å². The molecule has 0 radical (unpaired) electrons. The van der Waals surface area contributed by atoms with E-state index in [2.05, 4.69) is 54.6 Å². The van der Waals surface area contributed by atoms with Gasteiger partial charge in [-0.15, -0.1) is 0 Å². The van der Waals surface area contributed by atoms with Crippen LogP contribution in [-0.2, 0) is 16.0 Å². The Morgan fingerprint density at radius 2 is 1.47 bits per heavy atom. The number of hydrogen-bond donors (Lipinski definition) is 1. The lowest BCUT2D eigenvalue weighted by atomic mass is 10.0. The van der Waals surface area contributed by atoms with Crippen LogP contribution in [0.3, 0.4) is 0 Å². The molecule has 4 heteroatoms. The van der Waals surface area contributed by atoms with Gasteiger partial charge < -0.3 is 15.2 Å². The van der Waals surface area contributed by atoms with Crippen LogP contribution in [0.4, 0.5) is 0 Å². The first kappa shape index (κ1) is 19.9. The van der Waals surface area contributed by atoms with Crippen LogP contribution in [0.25, 0.3) is 16.7 Å². The van der Waals surface area contributed by atoms with Crippen molar-refractivity contribution >= 4 is 11.5 Å². The standard InChI is InChI=1S/C26H25NO3/c1-2-29-25(26(27)28)17-18-11-13-19(14-12-18)30-16-15-24-22-9-5-3-7-20(22)21-8-4-6-10-23(21)24/h3-15,25H,2,16-17H2,1H3,(H2,27,28). The van der Waals surface area contributed by atoms with Crippen molar-refractivity contribution in [3.8, 4) is 16.9 Å². The summed E-state index contributed by atoms with van der Waals surface area (Å²) in [6.07, 6.45) is 1.99. The van der Waals surface area contributed by atoms with Crippen molar-refractivity contribution in [2.45, 2.75) is 19.4 Å². The molecule has 3 aromatic carbocycles. The predicted octanol–water partition coefficient (Wildman–Crippen LogP) is 4.61. The van der Waals surface area contributed by atoms with Crippen molar-refractivity contribution in [2.24, 2.45) is 5.73 Å². The average molecular weight is 399 g/mol. The van der Waals surface area contributed by atoms with Crippen molar-refractivity contribution in [2.75, 3.05) is 13.2 Å². The van der Waals surface area contributed by atoms with Crippen LogP contribution in [0.2, 0.25) is 0 Å². The second kappa shape index (κ2) is 8.97. The fourth-order valence-electron chi connectivity index (χ4n) is 3.87. The van der Waals surface area contributed by atoms with E-state index in [1.807, 2.05) is 31.2 Å². The van der Waals surface area contributed by atoms with E-state index < -0.39 is 12.0 Å². The summed E-state index contributed by atoms with van der Waals surface area (Å²) in [4.78, 5) is 11.5. The highest BCUT2D eigenvalue weighted by molar-refractivity contribution is 6.01. The summed E-state index contributed by atoms with van der Waals surface area (Å²) in [6, 6.07) is 24.6. The molecule has 152 valence electrons. The van der Waals surface area contributed by atoms with Crippen LogP contribution in [0.15, 0.2) is 78.9 Å². The van der Waals surface area contributed by atoms with Gasteiger partial charge in [-0.3, -0.25) is 4.79 Å². The Morgan fingerprint density at radius 3 is 2.00 bits per heavy atom. The van der Waals surface area contributed by atoms with Gasteiger partial charge in [-0.25, -0.2) is 0 Å². The van der Waals surface area contributed by atoms with E-state index in [0.29, 0.717) is 19.6 Å². The Bertz CT molecular complexity index is 1020. The van der Waals surface area contributed by atoms with Gasteiger partial charge >= 0.3 is 0 Å². The monoisotopic (exact) mass is 399 g/mol. The molecule has 1 aliphatic carbocycles. The first-order valence-electron chi connectivity index (χ1n) is 10.2. The quantitative estimate of drug-likeness (QED) is 0.471. The molecule has 0 fully saturated rings. The average Bonchev–Trinajstić information content (AvgIpc) is 3.09. The molecule has 0 saturated carbocycles. The second-order valence-electron chi connectivity index (χ2n) is 7.21. The number of carbonyl (C=O) groups is 1. The molecule has 1 amide bonds. The van der Waals surface area contributed by atoms with Crippen LogP contribution < -0.4 is 10.5 Å². The molecule has 4 nitrogen and oxygen atoms in total. The third kappa shape index (κ3) is 4.14. The van der Waals surface area contributed by atoms with Gasteiger partial charge in [0.1, 0.15) is 18.5 Å². The number of ether oxygens (including phenoxy) is 2. The maximum atomic E-state index is 11.5. The third-order valence-corrected chi connectivity index (χ3v) is 5.29. The predicted molar refractivity (Wildman–Crippen MR) is 119 cm³/mol. The number of hydrogen-bond acceptors (Lipinski definition) is 3. The Kier molecular flexibility index (Phi) is 5.96. The topological polar surface area (TPSA) is 61.6 Å². The van der Waals surface area contributed by atoms with Gasteiger partial charge in [0, 0.05) is 13.0 Å². The van der Waals surface area contributed by atoms with Crippen molar-refractivity contribution < 1.29 is 14.3 Å². The van der Waals surface area contributed by atoms with E-state index in [1.54, 1.807) is 0 Å². The third-order valence-electron chi connectivity index (χ3n) is 5.29. The molecule has 1 unspecified atom stereocenters. The minimum absolute atomic E-state index is 0.444. The van der Waals surface area contributed by atoms with Crippen LogP contribution in [0.1, 0.15) is 23.6 Å². The zero-order valence-electron chi connectivity index (χ0n) is 17.0. The number of primary amides is 1. The maximum absolute atomic E-state index is 11.5. The number of carbonyl (C=O) groups excluding carboxylic acids is 1. The van der Waals surface area contributed by atoms with Crippen molar-refractivity contribution in [3.63, 3.8) is 0 Å². The molecule has 1 atom stereocenters. The molecule has 0 aromatic heterocycles. The normalized spacial score (nSPS) is 12.8. The molecule has 1 aliphatic rings. The molecule has 3 aromatic rings. The summed E-state index contributed by atoms with van der Waals surface area (Å²) in [5.74, 6) is 0.336. The van der Waals surface area contributed by atoms with E-state index in [-0.39, 0.29) is 0 Å². The van der Waals surface area contributed by atoms with Gasteiger partial charge in [-0.1, -0.05) is 60.7 Å². The Morgan fingerprint density at radius 1 is 0.900 bits per heavy atom. The van der Waals surface area contributed by atoms with E-state index in [1.165, 1.54) is 27.8 Å². The lowest BCUT2D eigenvalue weighted by Crippen LogP contribution is -2.33. The number of rotatable bonds is 8. The van der Waals surface area contributed by atoms with Crippen LogP contribution in [0.5, 0.6) is 5.75 Å². The number of fused-ring (bicyclic) bond motifs is 3. The first-order valence-corrected chi connectivity index (χ1v) is 10.2. The fourth-order valence-corrected chi connectivity index (χ4v) is 3.87. The van der Waals surface area contributed by atoms with Crippen LogP contribution in [-0.4, -0.2) is 25.2 Å². The van der Waals surface area contributed by atoms with E-state index in [9.17, 15) is 4.79 Å². The van der Waals surface area contributed by atoms with Gasteiger partial charge in [0.15, 0.2) is 0 Å². The minimum atomic E-state index is -0.603. The summed E-state index contributed by atoms with van der Waals surface area (Å²) < 4.78 is 11.4. The highest BCUT2D eigenvalue weighted by Crippen LogP contribution is 2.43. The minimum Gasteiger partial charge on any atom is -0.490 e. The van der Waals surface area contributed by atoms with Crippen molar-refractivity contribution in [1.29, 1.82) is 0 Å². The Labute approximate surface area is 176 Å². The largest absolute Gasteiger partial charge is 0.490 e. The van der Waals surface area contributed by atoms with Crippen molar-refractivity contribution in [1.82, 2.24) is 0 Å². The van der Waals surface area contributed by atoms with E-state index in [4.69, 9.17) is 15.2 Å². The molecule has 30 heavy (non-hydrogen) atoms. The lowest BCUT2D eigenvalue weighted by molar-refractivity contribution is -0.129. The molecular formula is C26H25NO3. The SMILES string of the molecule is CCOC(Cc1ccc(OCC=C2c3ccccc3-c3ccccc32)cc1)C(N)=O. The summed E-state index contributed by atoms with van der Waals surface area (Å²) in [5, 5.41) is 0. The zero-order valence-corrected chi connectivity index (χ0v) is 17.0. The Hall–Kier alpha value is -3.37. The molecule has 0 heterocycles. The highest BCUT2D eigenvalue weighted by atomic mass is 16.5. The van der Waals surface area contributed by atoms with Gasteiger partial charge in [0.2, 0.25) is 5.91 Å². The highest BCUT2D eigenvalue weighted by Gasteiger charge is 2.22.